The molecule has 1 heterocycles. The number of nitrogens with zero attached hydrogens (tertiary/aromatic N) is 1. The molecule has 2 amide bonds. The maximum absolute atomic E-state index is 12.6. The van der Waals surface area contributed by atoms with Crippen molar-refractivity contribution in [1.29, 1.82) is 0 Å². The van der Waals surface area contributed by atoms with Crippen LogP contribution in [0.5, 0.6) is 5.75 Å². The molecular weight excluding hydrogens is 334 g/mol. The van der Waals surface area contributed by atoms with Gasteiger partial charge in [-0.2, -0.15) is 0 Å². The van der Waals surface area contributed by atoms with Crippen LogP contribution in [-0.4, -0.2) is 48.2 Å². The summed E-state index contributed by atoms with van der Waals surface area (Å²) in [5.74, 6) is 0.182. The maximum Gasteiger partial charge on any atom is 0.274 e. The van der Waals surface area contributed by atoms with E-state index in [-0.39, 0.29) is 11.9 Å². The summed E-state index contributed by atoms with van der Waals surface area (Å²) in [4.78, 5) is 25.7. The first kappa shape index (κ1) is 17.8. The van der Waals surface area contributed by atoms with E-state index in [1.54, 1.807) is 61.1 Å². The zero-order chi connectivity index (χ0) is 18.5. The van der Waals surface area contributed by atoms with Crippen LogP contribution in [0, 0.1) is 0 Å². The average molecular weight is 355 g/mol. The van der Waals surface area contributed by atoms with E-state index in [9.17, 15) is 9.59 Å². The molecule has 2 aromatic carbocycles. The summed E-state index contributed by atoms with van der Waals surface area (Å²) < 4.78 is 5.11. The molecule has 1 aliphatic rings. The smallest absolute Gasteiger partial charge is 0.274 e. The zero-order valence-electron chi connectivity index (χ0n) is 14.4. The molecule has 1 atom stereocenters. The molecule has 3 rings (SSSR count). The van der Waals surface area contributed by atoms with Crippen LogP contribution >= 0.6 is 0 Å². The number of ether oxygens (including phenoxy) is 1. The number of anilines is 1. The van der Waals surface area contributed by atoms with Gasteiger partial charge in [-0.15, -0.1) is 0 Å². The topological polar surface area (TPSA) is 90.9 Å². The van der Waals surface area contributed by atoms with E-state index >= 15 is 0 Å². The third-order valence-corrected chi connectivity index (χ3v) is 4.43. The highest BCUT2D eigenvalue weighted by atomic mass is 16.5. The van der Waals surface area contributed by atoms with Crippen molar-refractivity contribution >= 4 is 17.5 Å². The van der Waals surface area contributed by atoms with Crippen LogP contribution in [0.4, 0.5) is 5.69 Å². The van der Waals surface area contributed by atoms with Gasteiger partial charge in [0.25, 0.3) is 11.8 Å². The predicted octanol–water partition coefficient (Wildman–Crippen LogP) is 2.14. The second-order valence-corrected chi connectivity index (χ2v) is 6.13. The van der Waals surface area contributed by atoms with E-state index in [1.807, 2.05) is 4.90 Å². The fourth-order valence-corrected chi connectivity index (χ4v) is 3.00. The summed E-state index contributed by atoms with van der Waals surface area (Å²) >= 11 is 0. The van der Waals surface area contributed by atoms with Gasteiger partial charge < -0.3 is 15.0 Å². The Morgan fingerprint density at radius 2 is 1.73 bits per heavy atom. The average Bonchev–Trinajstić information content (AvgIpc) is 3.16. The molecule has 7 heteroatoms. The Morgan fingerprint density at radius 1 is 1.08 bits per heavy atom. The Kier molecular flexibility index (Phi) is 5.38. The van der Waals surface area contributed by atoms with Crippen LogP contribution in [-0.2, 0) is 0 Å². The molecule has 3 N–H and O–H groups in total. The molecule has 7 nitrogen and oxygen atoms in total. The number of likely N-dealkylation sites (tertiary alicyclic amines) is 1. The second kappa shape index (κ2) is 7.88. The molecule has 0 radical (unpaired) electrons. The third-order valence-electron chi connectivity index (χ3n) is 4.43. The quantitative estimate of drug-likeness (QED) is 0.565. The van der Waals surface area contributed by atoms with Gasteiger partial charge in [0.2, 0.25) is 0 Å². The van der Waals surface area contributed by atoms with Gasteiger partial charge in [-0.05, 0) is 55.0 Å². The SMILES string of the molecule is COc1ccc(C(=O)N2CCC(Nc3ccc(C(=O)NO)cc3)C2)cc1. The lowest BCUT2D eigenvalue weighted by atomic mass is 10.1. The van der Waals surface area contributed by atoms with E-state index in [1.165, 1.54) is 0 Å². The van der Waals surface area contributed by atoms with Crippen molar-refractivity contribution < 1.29 is 19.5 Å². The van der Waals surface area contributed by atoms with Gasteiger partial charge in [0.05, 0.1) is 7.11 Å². The van der Waals surface area contributed by atoms with Crippen LogP contribution in [0.1, 0.15) is 27.1 Å². The monoisotopic (exact) mass is 355 g/mol. The zero-order valence-corrected chi connectivity index (χ0v) is 14.4. The molecule has 0 spiro atoms. The molecule has 0 bridgehead atoms. The molecular formula is C19H21N3O4. The number of rotatable bonds is 5. The van der Waals surface area contributed by atoms with Crippen LogP contribution < -0.4 is 15.5 Å². The van der Waals surface area contributed by atoms with Crippen molar-refractivity contribution in [3.63, 3.8) is 0 Å². The van der Waals surface area contributed by atoms with Gasteiger partial charge in [-0.3, -0.25) is 14.8 Å². The Labute approximate surface area is 151 Å². The first-order valence-electron chi connectivity index (χ1n) is 8.35. The molecule has 136 valence electrons. The number of methoxy groups -OCH3 is 1. The summed E-state index contributed by atoms with van der Waals surface area (Å²) in [7, 11) is 1.59. The Bertz CT molecular complexity index is 774. The number of nitrogens with one attached hydrogen (secondary N) is 2. The second-order valence-electron chi connectivity index (χ2n) is 6.13. The standard InChI is InChI=1S/C19H21N3O4/c1-26-17-8-4-14(5-9-17)19(24)22-11-10-16(12-22)20-15-6-2-13(3-7-15)18(23)21-25/h2-9,16,20,25H,10-12H2,1H3,(H,21,23). The third kappa shape index (κ3) is 3.94. The molecule has 1 unspecified atom stereocenters. The fraction of sp³-hybridized carbons (Fsp3) is 0.263. The van der Waals surface area contributed by atoms with Gasteiger partial charge in [0.1, 0.15) is 5.75 Å². The highest BCUT2D eigenvalue weighted by Crippen LogP contribution is 2.20. The highest BCUT2D eigenvalue weighted by Gasteiger charge is 2.26. The minimum atomic E-state index is -0.548. The van der Waals surface area contributed by atoms with Crippen LogP contribution in [0.25, 0.3) is 0 Å². The summed E-state index contributed by atoms with van der Waals surface area (Å²) in [6, 6.07) is 14.1. The number of carbonyl (C=O) groups is 2. The number of hydrogen-bond donors (Lipinski definition) is 3. The van der Waals surface area contributed by atoms with Crippen molar-refractivity contribution in [2.45, 2.75) is 12.5 Å². The van der Waals surface area contributed by atoms with Crippen LogP contribution in [0.15, 0.2) is 48.5 Å². The lowest BCUT2D eigenvalue weighted by Crippen LogP contribution is -2.31. The van der Waals surface area contributed by atoms with E-state index in [0.29, 0.717) is 24.2 Å². The van der Waals surface area contributed by atoms with Crippen molar-refractivity contribution in [3.05, 3.63) is 59.7 Å². The number of hydroxylamine groups is 1. The normalized spacial score (nSPS) is 16.2. The summed E-state index contributed by atoms with van der Waals surface area (Å²) in [5, 5.41) is 12.0. The highest BCUT2D eigenvalue weighted by molar-refractivity contribution is 5.95. The number of benzene rings is 2. The van der Waals surface area contributed by atoms with Crippen molar-refractivity contribution in [3.8, 4) is 5.75 Å². The van der Waals surface area contributed by atoms with Gasteiger partial charge in [0, 0.05) is 35.9 Å². The molecule has 1 saturated heterocycles. The van der Waals surface area contributed by atoms with Gasteiger partial charge in [-0.1, -0.05) is 0 Å². The molecule has 0 saturated carbocycles. The van der Waals surface area contributed by atoms with Crippen molar-refractivity contribution in [2.24, 2.45) is 0 Å². The van der Waals surface area contributed by atoms with Crippen molar-refractivity contribution in [2.75, 3.05) is 25.5 Å². The van der Waals surface area contributed by atoms with Gasteiger partial charge in [-0.25, -0.2) is 5.48 Å². The summed E-state index contributed by atoms with van der Waals surface area (Å²) in [6.07, 6.45) is 0.848. The van der Waals surface area contributed by atoms with Gasteiger partial charge in [0.15, 0.2) is 0 Å². The number of hydrogen-bond acceptors (Lipinski definition) is 5. The van der Waals surface area contributed by atoms with Crippen molar-refractivity contribution in [1.82, 2.24) is 10.4 Å². The Balaban J connectivity index is 1.57. The van der Waals surface area contributed by atoms with E-state index in [0.717, 1.165) is 17.9 Å². The molecule has 0 aliphatic carbocycles. The van der Waals surface area contributed by atoms with E-state index < -0.39 is 5.91 Å². The first-order valence-corrected chi connectivity index (χ1v) is 8.35. The van der Waals surface area contributed by atoms with E-state index in [4.69, 9.17) is 9.94 Å². The maximum atomic E-state index is 12.6. The number of carbonyl (C=O) groups excluding carboxylic acids is 2. The summed E-state index contributed by atoms with van der Waals surface area (Å²) in [6.45, 7) is 1.30. The minimum absolute atomic E-state index is 0.00641. The molecule has 0 aromatic heterocycles. The Morgan fingerprint density at radius 3 is 2.35 bits per heavy atom. The van der Waals surface area contributed by atoms with E-state index in [2.05, 4.69) is 5.32 Å². The molecule has 26 heavy (non-hydrogen) atoms. The first-order chi connectivity index (χ1) is 12.6. The Hall–Kier alpha value is -3.06. The lowest BCUT2D eigenvalue weighted by molar-refractivity contribution is 0.0706. The van der Waals surface area contributed by atoms with Crippen LogP contribution in [0.3, 0.4) is 0 Å². The fourth-order valence-electron chi connectivity index (χ4n) is 3.00. The lowest BCUT2D eigenvalue weighted by Gasteiger charge is -2.18. The molecule has 1 aliphatic heterocycles. The largest absolute Gasteiger partial charge is 0.497 e. The minimum Gasteiger partial charge on any atom is -0.497 e. The molecule has 1 fully saturated rings. The predicted molar refractivity (Wildman–Crippen MR) is 96.6 cm³/mol. The summed E-state index contributed by atoms with van der Waals surface area (Å²) in [5.41, 5.74) is 3.49. The molecule has 2 aromatic rings. The number of amides is 2. The van der Waals surface area contributed by atoms with Gasteiger partial charge >= 0.3 is 0 Å². The van der Waals surface area contributed by atoms with Crippen LogP contribution in [0.2, 0.25) is 0 Å².